The monoisotopic (exact) mass is 117 g/mol. The van der Waals surface area contributed by atoms with E-state index in [-0.39, 0.29) is 0 Å². The van der Waals surface area contributed by atoms with Crippen molar-refractivity contribution in [1.82, 2.24) is 10.2 Å². The summed E-state index contributed by atoms with van der Waals surface area (Å²) in [4.78, 5) is 2.00. The van der Waals surface area contributed by atoms with Gasteiger partial charge in [-0.1, -0.05) is 6.92 Å². The second kappa shape index (κ2) is 5.03. The number of nitrogens with two attached hydrogens (primary N) is 1. The van der Waals surface area contributed by atoms with Gasteiger partial charge in [0.05, 0.1) is 0 Å². The van der Waals surface area contributed by atoms with Crippen molar-refractivity contribution in [2.75, 3.05) is 26.9 Å². The molecule has 0 unspecified atom stereocenters. The molecule has 0 aromatic carbocycles. The lowest BCUT2D eigenvalue weighted by atomic mass is 10.7. The number of hydrogen-bond acceptors (Lipinski definition) is 3. The fourth-order valence-electron chi connectivity index (χ4n) is 0.367. The minimum atomic E-state index is 0.618. The third-order valence-corrected chi connectivity index (χ3v) is 0.943. The van der Waals surface area contributed by atoms with Gasteiger partial charge in [0, 0.05) is 13.3 Å². The third-order valence-electron chi connectivity index (χ3n) is 0.943. The average Bonchev–Trinajstić information content (AvgIpc) is 1.83. The van der Waals surface area contributed by atoms with Crippen LogP contribution >= 0.6 is 0 Å². The molecule has 3 N–H and O–H groups in total. The summed E-state index contributed by atoms with van der Waals surface area (Å²) in [6.45, 7) is 4.58. The highest BCUT2D eigenvalue weighted by atomic mass is 15.2. The van der Waals surface area contributed by atoms with Crippen LogP contribution in [0.25, 0.3) is 0 Å². The summed E-state index contributed by atoms with van der Waals surface area (Å²) in [6.07, 6.45) is 0. The molecule has 0 aliphatic rings. The second-order valence-electron chi connectivity index (χ2n) is 1.80. The van der Waals surface area contributed by atoms with Gasteiger partial charge in [-0.15, -0.1) is 0 Å². The van der Waals surface area contributed by atoms with Gasteiger partial charge >= 0.3 is 0 Å². The smallest absolute Gasteiger partial charge is 0.0489 e. The summed E-state index contributed by atoms with van der Waals surface area (Å²) in [5.74, 6) is 0. The summed E-state index contributed by atoms with van der Waals surface area (Å²) in [6, 6.07) is 0. The topological polar surface area (TPSA) is 41.3 Å². The van der Waals surface area contributed by atoms with Crippen LogP contribution < -0.4 is 11.1 Å². The van der Waals surface area contributed by atoms with E-state index in [2.05, 4.69) is 12.2 Å². The Morgan fingerprint density at radius 1 is 1.62 bits per heavy atom. The van der Waals surface area contributed by atoms with E-state index >= 15 is 0 Å². The maximum Gasteiger partial charge on any atom is 0.0489 e. The molecule has 0 atom stereocenters. The molecular formula is C5H15N3. The number of hydrogen-bond donors (Lipinski definition) is 2. The summed E-state index contributed by atoms with van der Waals surface area (Å²) in [7, 11) is 1.97. The summed E-state index contributed by atoms with van der Waals surface area (Å²) in [5.41, 5.74) is 5.30. The molecule has 3 nitrogen and oxygen atoms in total. The molecule has 0 radical (unpaired) electrons. The number of nitrogens with zero attached hydrogens (tertiary/aromatic N) is 1. The van der Waals surface area contributed by atoms with Crippen LogP contribution in [0.3, 0.4) is 0 Å². The van der Waals surface area contributed by atoms with E-state index < -0.39 is 0 Å². The van der Waals surface area contributed by atoms with E-state index in [1.807, 2.05) is 11.9 Å². The summed E-state index contributed by atoms with van der Waals surface area (Å²) < 4.78 is 0. The van der Waals surface area contributed by atoms with E-state index in [0.29, 0.717) is 6.67 Å². The highest BCUT2D eigenvalue weighted by molar-refractivity contribution is 4.41. The van der Waals surface area contributed by atoms with Crippen molar-refractivity contribution in [2.45, 2.75) is 6.92 Å². The van der Waals surface area contributed by atoms with Crippen molar-refractivity contribution in [3.05, 3.63) is 0 Å². The Hall–Kier alpha value is -0.120. The third kappa shape index (κ3) is 4.05. The van der Waals surface area contributed by atoms with Gasteiger partial charge in [-0.2, -0.15) is 0 Å². The first-order valence-electron chi connectivity index (χ1n) is 2.90. The molecule has 0 fully saturated rings. The molecule has 0 rings (SSSR count). The van der Waals surface area contributed by atoms with Crippen molar-refractivity contribution in [3.8, 4) is 0 Å². The van der Waals surface area contributed by atoms with Crippen molar-refractivity contribution in [2.24, 2.45) is 5.73 Å². The Labute approximate surface area is 50.8 Å². The van der Waals surface area contributed by atoms with E-state index in [0.717, 1.165) is 13.2 Å². The molecule has 3 heteroatoms. The normalized spacial score (nSPS) is 10.5. The molecule has 8 heavy (non-hydrogen) atoms. The van der Waals surface area contributed by atoms with E-state index in [9.17, 15) is 0 Å². The van der Waals surface area contributed by atoms with Crippen molar-refractivity contribution >= 4 is 0 Å². The van der Waals surface area contributed by atoms with Crippen LogP contribution in [0.15, 0.2) is 0 Å². The zero-order valence-corrected chi connectivity index (χ0v) is 5.65. The van der Waals surface area contributed by atoms with E-state index in [4.69, 9.17) is 5.73 Å². The van der Waals surface area contributed by atoms with Gasteiger partial charge in [-0.3, -0.25) is 4.90 Å². The van der Waals surface area contributed by atoms with Crippen LogP contribution in [0.1, 0.15) is 6.92 Å². The van der Waals surface area contributed by atoms with Gasteiger partial charge in [0.15, 0.2) is 0 Å². The molecular weight excluding hydrogens is 102 g/mol. The lowest BCUT2D eigenvalue weighted by Crippen LogP contribution is -2.34. The molecule has 0 spiro atoms. The molecule has 0 aromatic heterocycles. The predicted octanol–water partition coefficient (Wildman–Crippen LogP) is -0.599. The van der Waals surface area contributed by atoms with Crippen LogP contribution in [0.4, 0.5) is 0 Å². The minimum Gasteiger partial charge on any atom is -0.318 e. The van der Waals surface area contributed by atoms with Gasteiger partial charge in [-0.05, 0) is 13.6 Å². The molecule has 0 aromatic rings. The van der Waals surface area contributed by atoms with Crippen LogP contribution in [-0.2, 0) is 0 Å². The summed E-state index contributed by atoms with van der Waals surface area (Å²) >= 11 is 0. The Bertz CT molecular complexity index is 46.9. The fourth-order valence-corrected chi connectivity index (χ4v) is 0.367. The number of nitrogens with one attached hydrogen (secondary N) is 1. The Morgan fingerprint density at radius 2 is 2.25 bits per heavy atom. The molecule has 0 amide bonds. The zero-order chi connectivity index (χ0) is 6.41. The molecule has 0 aliphatic carbocycles. The number of rotatable bonds is 4. The van der Waals surface area contributed by atoms with Crippen LogP contribution in [0.2, 0.25) is 0 Å². The van der Waals surface area contributed by atoms with Crippen LogP contribution in [-0.4, -0.2) is 31.8 Å². The van der Waals surface area contributed by atoms with Gasteiger partial charge in [-0.25, -0.2) is 0 Å². The zero-order valence-electron chi connectivity index (χ0n) is 5.65. The van der Waals surface area contributed by atoms with Gasteiger partial charge < -0.3 is 11.1 Å². The maximum atomic E-state index is 5.30. The molecule has 0 bridgehead atoms. The predicted molar refractivity (Wildman–Crippen MR) is 35.4 cm³/mol. The maximum absolute atomic E-state index is 5.30. The van der Waals surface area contributed by atoms with Crippen LogP contribution in [0, 0.1) is 0 Å². The first kappa shape index (κ1) is 7.88. The molecule has 0 saturated heterocycles. The average molecular weight is 117 g/mol. The standard InChI is InChI=1S/C5H15N3/c1-3-7-5-8(2)4-6/h7H,3-6H2,1-2H3. The van der Waals surface area contributed by atoms with E-state index in [1.165, 1.54) is 0 Å². The lowest BCUT2D eigenvalue weighted by molar-refractivity contribution is 0.319. The SMILES string of the molecule is CCNCN(C)CN. The van der Waals surface area contributed by atoms with Gasteiger partial charge in [0.1, 0.15) is 0 Å². The lowest BCUT2D eigenvalue weighted by Gasteiger charge is -2.12. The Morgan fingerprint density at radius 3 is 2.62 bits per heavy atom. The summed E-state index contributed by atoms with van der Waals surface area (Å²) in [5, 5.41) is 3.14. The van der Waals surface area contributed by atoms with E-state index in [1.54, 1.807) is 0 Å². The molecule has 0 heterocycles. The first-order valence-corrected chi connectivity index (χ1v) is 2.90. The molecule has 50 valence electrons. The Kier molecular flexibility index (Phi) is 4.95. The highest BCUT2D eigenvalue weighted by Crippen LogP contribution is 1.68. The fraction of sp³-hybridized carbons (Fsp3) is 1.00. The van der Waals surface area contributed by atoms with Crippen molar-refractivity contribution < 1.29 is 0 Å². The van der Waals surface area contributed by atoms with Crippen molar-refractivity contribution in [3.63, 3.8) is 0 Å². The van der Waals surface area contributed by atoms with Crippen molar-refractivity contribution in [1.29, 1.82) is 0 Å². The largest absolute Gasteiger partial charge is 0.318 e. The minimum absolute atomic E-state index is 0.618. The first-order chi connectivity index (χ1) is 3.81. The van der Waals surface area contributed by atoms with Crippen LogP contribution in [0.5, 0.6) is 0 Å². The molecule has 0 aliphatic heterocycles. The highest BCUT2D eigenvalue weighted by Gasteiger charge is 1.87. The Balaban J connectivity index is 2.86. The second-order valence-corrected chi connectivity index (χ2v) is 1.80. The quantitative estimate of drug-likeness (QED) is 0.483. The van der Waals surface area contributed by atoms with Gasteiger partial charge in [0.2, 0.25) is 0 Å². The molecule has 0 saturated carbocycles. The van der Waals surface area contributed by atoms with Gasteiger partial charge in [0.25, 0.3) is 0 Å².